The summed E-state index contributed by atoms with van der Waals surface area (Å²) in [5.41, 5.74) is 1.48. The van der Waals surface area contributed by atoms with E-state index in [0.29, 0.717) is 10.7 Å². The maximum absolute atomic E-state index is 12.3. The Labute approximate surface area is 146 Å². The van der Waals surface area contributed by atoms with Gasteiger partial charge in [-0.2, -0.15) is 0 Å². The van der Waals surface area contributed by atoms with Crippen molar-refractivity contribution in [2.45, 2.75) is 38.8 Å². The highest BCUT2D eigenvalue weighted by Crippen LogP contribution is 2.18. The van der Waals surface area contributed by atoms with Crippen LogP contribution >= 0.6 is 11.6 Å². The highest BCUT2D eigenvalue weighted by atomic mass is 35.5. The van der Waals surface area contributed by atoms with Gasteiger partial charge in [-0.3, -0.25) is 9.69 Å². The van der Waals surface area contributed by atoms with Crippen molar-refractivity contribution >= 4 is 17.6 Å². The van der Waals surface area contributed by atoms with Gasteiger partial charge in [0.1, 0.15) is 18.3 Å². The number of likely N-dealkylation sites (tertiary alicyclic amines) is 1. The Hall–Kier alpha value is -1.92. The number of halogens is 1. The standard InChI is InChI=1S/C17H21ClN4O2/c1-2-21-10-4-3-5-16(21)17(23)24-12-14-11-22(20-19-14)15-8-6-13(18)7-9-15/h6-9,11,16H,2-5,10,12H2,1H3. The zero-order valence-electron chi connectivity index (χ0n) is 13.7. The van der Waals surface area contributed by atoms with E-state index in [1.54, 1.807) is 23.0 Å². The van der Waals surface area contributed by atoms with Gasteiger partial charge in [0.25, 0.3) is 0 Å². The minimum Gasteiger partial charge on any atom is -0.458 e. The van der Waals surface area contributed by atoms with Crippen molar-refractivity contribution in [1.29, 1.82) is 0 Å². The number of likely N-dealkylation sites (N-methyl/N-ethyl adjacent to an activating group) is 1. The minimum atomic E-state index is -0.169. The molecule has 1 aromatic heterocycles. The highest BCUT2D eigenvalue weighted by molar-refractivity contribution is 6.30. The number of hydrogen-bond acceptors (Lipinski definition) is 5. The summed E-state index contributed by atoms with van der Waals surface area (Å²) in [4.78, 5) is 14.5. The second-order valence-corrected chi connectivity index (χ2v) is 6.32. The van der Waals surface area contributed by atoms with Gasteiger partial charge < -0.3 is 4.74 Å². The quantitative estimate of drug-likeness (QED) is 0.777. The number of rotatable bonds is 5. The third-order valence-corrected chi connectivity index (χ3v) is 4.54. The number of carbonyl (C=O) groups excluding carboxylic acids is 1. The highest BCUT2D eigenvalue weighted by Gasteiger charge is 2.28. The summed E-state index contributed by atoms with van der Waals surface area (Å²) in [7, 11) is 0. The fraction of sp³-hybridized carbons (Fsp3) is 0.471. The molecule has 1 aromatic carbocycles. The zero-order chi connectivity index (χ0) is 16.9. The average Bonchev–Trinajstić information content (AvgIpc) is 3.09. The Balaban J connectivity index is 1.59. The normalized spacial score (nSPS) is 18.5. The van der Waals surface area contributed by atoms with Crippen LogP contribution in [-0.2, 0) is 16.1 Å². The lowest BCUT2D eigenvalue weighted by Crippen LogP contribution is -2.45. The number of benzene rings is 1. The Morgan fingerprint density at radius 3 is 2.88 bits per heavy atom. The molecule has 0 amide bonds. The topological polar surface area (TPSA) is 60.2 Å². The molecule has 1 aliphatic heterocycles. The van der Waals surface area contributed by atoms with Gasteiger partial charge in [-0.1, -0.05) is 30.2 Å². The molecule has 0 bridgehead atoms. The smallest absolute Gasteiger partial charge is 0.323 e. The molecular formula is C17H21ClN4O2. The largest absolute Gasteiger partial charge is 0.458 e. The first-order valence-corrected chi connectivity index (χ1v) is 8.63. The van der Waals surface area contributed by atoms with Crippen LogP contribution in [-0.4, -0.2) is 45.0 Å². The molecule has 0 aliphatic carbocycles. The number of esters is 1. The summed E-state index contributed by atoms with van der Waals surface area (Å²) < 4.78 is 7.09. The molecule has 1 fully saturated rings. The van der Waals surface area contributed by atoms with E-state index in [0.717, 1.165) is 38.0 Å². The predicted octanol–water partition coefficient (Wildman–Crippen LogP) is 2.84. The first-order chi connectivity index (χ1) is 11.7. The Kier molecular flexibility index (Phi) is 5.48. The molecule has 6 nitrogen and oxygen atoms in total. The number of nitrogens with zero attached hydrogens (tertiary/aromatic N) is 4. The van der Waals surface area contributed by atoms with Crippen molar-refractivity contribution in [2.75, 3.05) is 13.1 Å². The van der Waals surface area contributed by atoms with E-state index in [9.17, 15) is 4.79 Å². The van der Waals surface area contributed by atoms with Crippen LogP contribution in [0.1, 0.15) is 31.9 Å². The van der Waals surface area contributed by atoms with E-state index in [-0.39, 0.29) is 18.6 Å². The van der Waals surface area contributed by atoms with Crippen molar-refractivity contribution < 1.29 is 9.53 Å². The van der Waals surface area contributed by atoms with Gasteiger partial charge in [-0.05, 0) is 50.2 Å². The maximum atomic E-state index is 12.3. The average molecular weight is 349 g/mol. The summed E-state index contributed by atoms with van der Waals surface area (Å²) in [5, 5.41) is 8.79. The van der Waals surface area contributed by atoms with Crippen molar-refractivity contribution in [3.63, 3.8) is 0 Å². The summed E-state index contributed by atoms with van der Waals surface area (Å²) in [5.74, 6) is -0.169. The second kappa shape index (κ2) is 7.77. The molecule has 0 N–H and O–H groups in total. The number of aromatic nitrogens is 3. The molecule has 1 unspecified atom stereocenters. The van der Waals surface area contributed by atoms with E-state index >= 15 is 0 Å². The Morgan fingerprint density at radius 2 is 2.12 bits per heavy atom. The van der Waals surface area contributed by atoms with E-state index in [4.69, 9.17) is 16.3 Å². The van der Waals surface area contributed by atoms with Crippen molar-refractivity contribution in [3.05, 3.63) is 41.2 Å². The monoisotopic (exact) mass is 348 g/mol. The second-order valence-electron chi connectivity index (χ2n) is 5.88. The molecule has 128 valence electrons. The fourth-order valence-corrected chi connectivity index (χ4v) is 3.09. The van der Waals surface area contributed by atoms with Crippen LogP contribution in [0.4, 0.5) is 0 Å². The third-order valence-electron chi connectivity index (χ3n) is 4.29. The van der Waals surface area contributed by atoms with Crippen LogP contribution in [0, 0.1) is 0 Å². The van der Waals surface area contributed by atoms with E-state index in [1.807, 2.05) is 12.1 Å². The van der Waals surface area contributed by atoms with Crippen LogP contribution in [0.25, 0.3) is 5.69 Å². The molecule has 0 radical (unpaired) electrons. The molecule has 24 heavy (non-hydrogen) atoms. The molecular weight excluding hydrogens is 328 g/mol. The van der Waals surface area contributed by atoms with Crippen LogP contribution in [0.2, 0.25) is 5.02 Å². The third kappa shape index (κ3) is 3.94. The lowest BCUT2D eigenvalue weighted by molar-refractivity contribution is -0.152. The summed E-state index contributed by atoms with van der Waals surface area (Å²) >= 11 is 5.88. The SMILES string of the molecule is CCN1CCCCC1C(=O)OCc1cn(-c2ccc(Cl)cc2)nn1. The molecule has 0 saturated carbocycles. The molecule has 1 saturated heterocycles. The Morgan fingerprint density at radius 1 is 1.33 bits per heavy atom. The van der Waals surface area contributed by atoms with E-state index < -0.39 is 0 Å². The van der Waals surface area contributed by atoms with Gasteiger partial charge in [0, 0.05) is 5.02 Å². The first kappa shape index (κ1) is 16.9. The number of ether oxygens (including phenoxy) is 1. The molecule has 2 heterocycles. The van der Waals surface area contributed by atoms with Crippen LogP contribution in [0.3, 0.4) is 0 Å². The predicted molar refractivity (Wildman–Crippen MR) is 91.1 cm³/mol. The lowest BCUT2D eigenvalue weighted by atomic mass is 10.0. The van der Waals surface area contributed by atoms with Gasteiger partial charge >= 0.3 is 5.97 Å². The molecule has 1 aliphatic rings. The van der Waals surface area contributed by atoms with E-state index in [2.05, 4.69) is 22.1 Å². The lowest BCUT2D eigenvalue weighted by Gasteiger charge is -2.32. The molecule has 3 rings (SSSR count). The molecule has 1 atom stereocenters. The number of carbonyl (C=O) groups is 1. The van der Waals surface area contributed by atoms with Gasteiger partial charge in [-0.25, -0.2) is 4.68 Å². The summed E-state index contributed by atoms with van der Waals surface area (Å²) in [6.07, 6.45) is 4.84. The minimum absolute atomic E-state index is 0.130. The molecule has 0 spiro atoms. The molecule has 2 aromatic rings. The first-order valence-electron chi connectivity index (χ1n) is 8.25. The van der Waals surface area contributed by atoms with Crippen LogP contribution < -0.4 is 0 Å². The maximum Gasteiger partial charge on any atom is 0.323 e. The summed E-state index contributed by atoms with van der Waals surface area (Å²) in [6, 6.07) is 7.17. The van der Waals surface area contributed by atoms with Gasteiger partial charge in [0.2, 0.25) is 0 Å². The number of piperidine rings is 1. The van der Waals surface area contributed by atoms with Gasteiger partial charge in [0.05, 0.1) is 11.9 Å². The van der Waals surface area contributed by atoms with Crippen molar-refractivity contribution in [1.82, 2.24) is 19.9 Å². The van der Waals surface area contributed by atoms with Gasteiger partial charge in [-0.15, -0.1) is 5.10 Å². The Bertz CT molecular complexity index is 686. The van der Waals surface area contributed by atoms with Crippen molar-refractivity contribution in [2.24, 2.45) is 0 Å². The zero-order valence-corrected chi connectivity index (χ0v) is 14.4. The van der Waals surface area contributed by atoms with Crippen LogP contribution in [0.15, 0.2) is 30.5 Å². The number of hydrogen-bond donors (Lipinski definition) is 0. The molecule has 7 heteroatoms. The van der Waals surface area contributed by atoms with Crippen molar-refractivity contribution in [3.8, 4) is 5.69 Å². The van der Waals surface area contributed by atoms with Crippen LogP contribution in [0.5, 0.6) is 0 Å². The van der Waals surface area contributed by atoms with Gasteiger partial charge in [0.15, 0.2) is 0 Å². The summed E-state index contributed by atoms with van der Waals surface area (Å²) in [6.45, 7) is 4.04. The van der Waals surface area contributed by atoms with E-state index in [1.165, 1.54) is 0 Å². The fourth-order valence-electron chi connectivity index (χ4n) is 2.96.